The number of rotatable bonds is 7. The number of allylic oxidation sites excluding steroid dienone is 3. The normalized spacial score (nSPS) is 22.2. The molecule has 1 spiro atoms. The minimum absolute atomic E-state index is 0.135. The third-order valence-electron chi connectivity index (χ3n) is 11.6. The molecule has 2 unspecified atom stereocenters. The topological polar surface area (TPSA) is 77.4 Å². The highest BCUT2D eigenvalue weighted by atomic mass is 35.5. The fourth-order valence-corrected chi connectivity index (χ4v) is 9.20. The summed E-state index contributed by atoms with van der Waals surface area (Å²) >= 11 is 6.73. The Morgan fingerprint density at radius 3 is 2.60 bits per heavy atom. The largest absolute Gasteiger partial charge is 0.369 e. The van der Waals surface area contributed by atoms with Crippen molar-refractivity contribution in [3.05, 3.63) is 101 Å². The molecular formula is C42H50ClN9. The molecule has 0 saturated carbocycles. The minimum atomic E-state index is 0.135. The summed E-state index contributed by atoms with van der Waals surface area (Å²) in [5.41, 5.74) is 11.3. The van der Waals surface area contributed by atoms with Crippen molar-refractivity contribution in [1.82, 2.24) is 25.1 Å². The van der Waals surface area contributed by atoms with Gasteiger partial charge in [0.2, 0.25) is 5.95 Å². The Kier molecular flexibility index (Phi) is 9.02. The van der Waals surface area contributed by atoms with Crippen molar-refractivity contribution >= 4 is 57.4 Å². The van der Waals surface area contributed by atoms with Crippen LogP contribution >= 0.6 is 11.6 Å². The Balaban J connectivity index is 1.02. The van der Waals surface area contributed by atoms with Crippen LogP contribution in [0.4, 0.5) is 28.8 Å². The van der Waals surface area contributed by atoms with Crippen LogP contribution < -0.4 is 25.3 Å². The van der Waals surface area contributed by atoms with E-state index in [9.17, 15) is 0 Å². The number of benzene rings is 2. The molecule has 3 fully saturated rings. The Labute approximate surface area is 312 Å². The molecule has 270 valence electrons. The first-order valence-electron chi connectivity index (χ1n) is 18.8. The van der Waals surface area contributed by atoms with Gasteiger partial charge < -0.3 is 25.3 Å². The van der Waals surface area contributed by atoms with Crippen molar-refractivity contribution in [2.24, 2.45) is 12.5 Å². The minimum Gasteiger partial charge on any atom is -0.369 e. The van der Waals surface area contributed by atoms with Gasteiger partial charge in [-0.3, -0.25) is 4.68 Å². The fraction of sp³-hybridized carbons (Fsp3) is 0.405. The summed E-state index contributed by atoms with van der Waals surface area (Å²) in [5.74, 6) is 1.53. The number of piperidine rings is 3. The van der Waals surface area contributed by atoms with E-state index in [1.165, 1.54) is 35.0 Å². The van der Waals surface area contributed by atoms with E-state index in [4.69, 9.17) is 26.7 Å². The standard InChI is InChI=1S/C42H50ClN9/c1-7-11-30-22-31-23-32(15-17-36(31)49(5)29(30)4)46-40-35(43)24-44-41(47-40)52-21-10-19-42(26-52)18-9-20-51(25-42)37-13-8-12-34-38(48-50(6)39(34)37)33-16-14-27(2)45-28(33)3/h8,12-13,15,17,22-24,33,45H,2-4,7,9-11,14,16,18-21,25-26H2,1,5-6H3,(H,44,46,47). The molecule has 2 N–H and O–H groups in total. The monoisotopic (exact) mass is 715 g/mol. The number of hydrogen-bond acceptors (Lipinski definition) is 8. The maximum absolute atomic E-state index is 6.73. The summed E-state index contributed by atoms with van der Waals surface area (Å²) < 4.78 is 2.08. The molecule has 2 aromatic heterocycles. The second-order valence-electron chi connectivity index (χ2n) is 15.3. The lowest BCUT2D eigenvalue weighted by Gasteiger charge is -2.49. The van der Waals surface area contributed by atoms with Gasteiger partial charge in [-0.2, -0.15) is 10.1 Å². The van der Waals surface area contributed by atoms with Crippen molar-refractivity contribution < 1.29 is 0 Å². The van der Waals surface area contributed by atoms with Crippen LogP contribution in [0.25, 0.3) is 17.0 Å². The maximum atomic E-state index is 6.73. The summed E-state index contributed by atoms with van der Waals surface area (Å²) in [6, 6.07) is 13.1. The van der Waals surface area contributed by atoms with Gasteiger partial charge in [0.15, 0.2) is 5.82 Å². The molecule has 4 aliphatic heterocycles. The fourth-order valence-electron chi connectivity index (χ4n) is 9.06. The first kappa shape index (κ1) is 34.3. The number of nitrogens with one attached hydrogen (secondary N) is 2. The van der Waals surface area contributed by atoms with E-state index in [-0.39, 0.29) is 11.3 Å². The molecule has 0 aliphatic carbocycles. The Morgan fingerprint density at radius 1 is 1.02 bits per heavy atom. The lowest BCUT2D eigenvalue weighted by atomic mass is 9.73. The molecule has 4 aromatic rings. The molecule has 3 saturated heterocycles. The number of nitrogens with zero attached hydrogens (tertiary/aromatic N) is 7. The van der Waals surface area contributed by atoms with Crippen molar-refractivity contribution in [2.75, 3.05) is 53.2 Å². The molecule has 2 atom stereocenters. The van der Waals surface area contributed by atoms with Gasteiger partial charge in [0.1, 0.15) is 5.02 Å². The zero-order valence-electron chi connectivity index (χ0n) is 30.8. The SMILES string of the molecule is C=C1CCC(c2nn(C)c3c(N4CCCC5(CCCN(c6ncc(Cl)c(Nc7ccc8c(c7)C=C(CCC)C(=C)N8C)n6)C5)C4)cccc23)C(=C)N1. The quantitative estimate of drug-likeness (QED) is 0.196. The molecule has 10 heteroatoms. The van der Waals surface area contributed by atoms with Crippen molar-refractivity contribution in [2.45, 2.75) is 64.2 Å². The molecule has 9 nitrogen and oxygen atoms in total. The average molecular weight is 716 g/mol. The number of hydrogen-bond donors (Lipinski definition) is 2. The third-order valence-corrected chi connectivity index (χ3v) is 11.9. The van der Waals surface area contributed by atoms with Crippen LogP contribution in [0.5, 0.6) is 0 Å². The number of fused-ring (bicyclic) bond motifs is 2. The van der Waals surface area contributed by atoms with Crippen molar-refractivity contribution in [1.29, 1.82) is 0 Å². The Bertz CT molecular complexity index is 2110. The Hall–Kier alpha value is -4.76. The highest BCUT2D eigenvalue weighted by Crippen LogP contribution is 2.44. The van der Waals surface area contributed by atoms with E-state index >= 15 is 0 Å². The smallest absolute Gasteiger partial charge is 0.227 e. The zero-order valence-corrected chi connectivity index (χ0v) is 31.6. The van der Waals surface area contributed by atoms with E-state index in [1.807, 2.05) is 0 Å². The lowest BCUT2D eigenvalue weighted by Crippen LogP contribution is -2.53. The molecule has 2 aromatic carbocycles. The summed E-state index contributed by atoms with van der Waals surface area (Å²) in [6.45, 7) is 18.8. The number of aromatic nitrogens is 4. The van der Waals surface area contributed by atoms with Gasteiger partial charge in [-0.15, -0.1) is 0 Å². The molecule has 4 aliphatic rings. The number of anilines is 5. The summed E-state index contributed by atoms with van der Waals surface area (Å²) in [6.07, 6.45) is 12.6. The number of likely N-dealkylation sites (N-methyl/N-ethyl adjacent to an activating group) is 1. The molecule has 0 amide bonds. The summed E-state index contributed by atoms with van der Waals surface area (Å²) in [7, 11) is 4.17. The predicted molar refractivity (Wildman–Crippen MR) is 217 cm³/mol. The van der Waals surface area contributed by atoms with E-state index in [0.717, 1.165) is 110 Å². The Morgan fingerprint density at radius 2 is 1.81 bits per heavy atom. The number of aryl methyl sites for hydroxylation is 1. The van der Waals surface area contributed by atoms with E-state index in [1.54, 1.807) is 6.20 Å². The second kappa shape index (κ2) is 13.7. The first-order valence-corrected chi connectivity index (χ1v) is 19.2. The van der Waals surface area contributed by atoms with Gasteiger partial charge in [0.25, 0.3) is 0 Å². The van der Waals surface area contributed by atoms with Gasteiger partial charge in [-0.1, -0.05) is 56.8 Å². The predicted octanol–water partition coefficient (Wildman–Crippen LogP) is 9.29. The van der Waals surface area contributed by atoms with Gasteiger partial charge in [-0.05, 0) is 80.9 Å². The van der Waals surface area contributed by atoms with Crippen molar-refractivity contribution in [3.63, 3.8) is 0 Å². The van der Waals surface area contributed by atoms with E-state index in [0.29, 0.717) is 10.8 Å². The number of para-hydroxylation sites is 1. The van der Waals surface area contributed by atoms with Crippen LogP contribution in [0.15, 0.2) is 85.0 Å². The second-order valence-corrected chi connectivity index (χ2v) is 15.7. The van der Waals surface area contributed by atoms with Gasteiger partial charge >= 0.3 is 0 Å². The van der Waals surface area contributed by atoms with Gasteiger partial charge in [0.05, 0.1) is 23.1 Å². The highest BCUT2D eigenvalue weighted by Gasteiger charge is 2.41. The van der Waals surface area contributed by atoms with E-state index < -0.39 is 0 Å². The molecule has 0 radical (unpaired) electrons. The van der Waals surface area contributed by atoms with Crippen LogP contribution in [0.3, 0.4) is 0 Å². The highest BCUT2D eigenvalue weighted by molar-refractivity contribution is 6.32. The molecule has 0 bridgehead atoms. The third kappa shape index (κ3) is 6.23. The van der Waals surface area contributed by atoms with Crippen LogP contribution in [0.2, 0.25) is 5.02 Å². The van der Waals surface area contributed by atoms with Crippen LogP contribution in [0.1, 0.15) is 75.5 Å². The molecule has 52 heavy (non-hydrogen) atoms. The maximum Gasteiger partial charge on any atom is 0.227 e. The zero-order chi connectivity index (χ0) is 36.1. The lowest BCUT2D eigenvalue weighted by molar-refractivity contribution is 0.190. The molecular weight excluding hydrogens is 666 g/mol. The summed E-state index contributed by atoms with van der Waals surface area (Å²) in [4.78, 5) is 17.0. The molecule has 6 heterocycles. The van der Waals surface area contributed by atoms with Gasteiger partial charge in [0, 0.05) is 91.0 Å². The average Bonchev–Trinajstić information content (AvgIpc) is 3.47. The van der Waals surface area contributed by atoms with Crippen molar-refractivity contribution in [3.8, 4) is 0 Å². The van der Waals surface area contributed by atoms with Crippen LogP contribution in [-0.4, -0.2) is 53.0 Å². The molecule has 8 rings (SSSR count). The van der Waals surface area contributed by atoms with E-state index in [2.05, 4.69) is 113 Å². The first-order chi connectivity index (χ1) is 25.1. The van der Waals surface area contributed by atoms with Crippen LogP contribution in [0, 0.1) is 5.41 Å². The number of halogens is 1. The van der Waals surface area contributed by atoms with Gasteiger partial charge in [-0.25, -0.2) is 4.98 Å². The van der Waals surface area contributed by atoms with Crippen LogP contribution in [-0.2, 0) is 7.05 Å². The summed E-state index contributed by atoms with van der Waals surface area (Å²) in [5, 5.41) is 13.7.